The third-order valence-electron chi connectivity index (χ3n) is 31.6. The third-order valence-corrected chi connectivity index (χ3v) is 37.1. The van der Waals surface area contributed by atoms with Gasteiger partial charge in [0.2, 0.25) is 0 Å². The van der Waals surface area contributed by atoms with E-state index in [1.807, 2.05) is 40.9 Å². The van der Waals surface area contributed by atoms with Crippen LogP contribution in [-0.4, -0.2) is 11.1 Å². The Kier molecular flexibility index (Phi) is 26.4. The molecule has 2 N–H and O–H groups in total. The van der Waals surface area contributed by atoms with Gasteiger partial charge in [0.15, 0.2) is 0 Å². The molecule has 4 atom stereocenters. The van der Waals surface area contributed by atoms with Crippen LogP contribution in [-0.2, 0) is 43.3 Å². The average Bonchev–Trinajstić information content (AvgIpc) is 1.53. The largest absolute Gasteiger partial charge is 0.398 e. The number of thiophene rings is 4. The normalized spacial score (nSPS) is 18.1. The summed E-state index contributed by atoms with van der Waals surface area (Å²) in [5.74, 6) is 0. The monoisotopic (exact) mass is 2030 g/mol. The number of aryl methyl sites for hydroxylation is 2. The zero-order chi connectivity index (χ0) is 101. The van der Waals surface area contributed by atoms with Gasteiger partial charge in [0, 0.05) is 150 Å². The van der Waals surface area contributed by atoms with E-state index in [-0.39, 0.29) is 54.4 Å². The van der Waals surface area contributed by atoms with Crippen molar-refractivity contribution >= 4 is 213 Å². The Bertz CT molecular complexity index is 7630. The van der Waals surface area contributed by atoms with Gasteiger partial charge in [0.25, 0.3) is 0 Å². The molecule has 14 aromatic carbocycles. The first-order valence-corrected chi connectivity index (χ1v) is 55.6. The highest BCUT2D eigenvalue weighted by Crippen LogP contribution is 2.65. The van der Waals surface area contributed by atoms with E-state index in [0.717, 1.165) is 38.7 Å². The Balaban J connectivity index is 0.000000144. The lowest BCUT2D eigenvalue weighted by Crippen LogP contribution is -2.54. The molecule has 0 bridgehead atoms. The molecule has 2 aliphatic heterocycles. The van der Waals surface area contributed by atoms with E-state index in [0.29, 0.717) is 0 Å². The fourth-order valence-corrected chi connectivity index (χ4v) is 28.1. The number of hydrogen-bond donors (Lipinski definition) is 1. The summed E-state index contributed by atoms with van der Waals surface area (Å²) in [5, 5.41) is 13.1. The lowest BCUT2D eigenvalue weighted by Gasteiger charge is -2.50. The molecule has 6 heterocycles. The Labute approximate surface area is 874 Å². The number of nitrogen functional groups attached to an aromatic ring is 1. The summed E-state index contributed by atoms with van der Waals surface area (Å²) < 4.78 is 8.83. The second kappa shape index (κ2) is 37.6. The quantitative estimate of drug-likeness (QED) is 0.130. The number of nitrogens with zero attached hydrogens (tertiary/aromatic N) is 5. The zero-order valence-electron chi connectivity index (χ0n) is 87.7. The van der Waals surface area contributed by atoms with E-state index in [1.54, 1.807) is 22.7 Å². The van der Waals surface area contributed by atoms with Gasteiger partial charge >= 0.3 is 0 Å². The van der Waals surface area contributed by atoms with Crippen LogP contribution in [0.4, 0.5) is 79.6 Å². The van der Waals surface area contributed by atoms with Crippen molar-refractivity contribution < 1.29 is 0 Å². The van der Waals surface area contributed by atoms with E-state index in [1.165, 1.54) is 218 Å². The van der Waals surface area contributed by atoms with Crippen LogP contribution in [0.2, 0.25) is 5.02 Å². The molecular formula is C130H140BrClN6S4. The number of rotatable bonds is 11. The minimum atomic E-state index is -0.0665. The molecule has 18 aromatic rings. The SMILES string of the molecule is CC(C)(C)c1ccc(N(c2ccc(C(C)(C)C)cc2)c2ccc3c(Br)csc3c2)cc1.Cc1cc(Cl)cc(N2c3ccc(C(C)(C)C)cc3C3(C)CCCCC23C)c1.Cc1cc(N(c2csc3cc(N(c4ccc(C(C)(C)C)cc4)c4ccc(C(C)(C)C)cc4)ccc23)c2cccc3c2sc2ccccc23)cc(N2c3ccc(C(C)(C)C)cc3C3(C)CCCCC23C)c1.Nc1cccc2c1sc1ccccc12. The molecule has 142 heavy (non-hydrogen) atoms. The maximum atomic E-state index is 6.47. The number of fused-ring (bicyclic) bond motifs is 14. The van der Waals surface area contributed by atoms with E-state index in [4.69, 9.17) is 17.3 Å². The van der Waals surface area contributed by atoms with E-state index in [2.05, 4.69) is 490 Å². The van der Waals surface area contributed by atoms with E-state index < -0.39 is 0 Å². The predicted octanol–water partition coefficient (Wildman–Crippen LogP) is 41.2. The predicted molar refractivity (Wildman–Crippen MR) is 631 cm³/mol. The summed E-state index contributed by atoms with van der Waals surface area (Å²) in [6.45, 7) is 55.8. The molecule has 4 unspecified atom stereocenters. The molecule has 0 saturated heterocycles. The number of halogens is 2. The van der Waals surface area contributed by atoms with Crippen LogP contribution in [0.25, 0.3) is 60.5 Å². The van der Waals surface area contributed by atoms with Crippen molar-refractivity contribution in [2.24, 2.45) is 0 Å². The van der Waals surface area contributed by atoms with Gasteiger partial charge in [-0.1, -0.05) is 315 Å². The smallest absolute Gasteiger partial charge is 0.0647 e. The van der Waals surface area contributed by atoms with Crippen molar-refractivity contribution in [3.05, 3.63) is 367 Å². The molecule has 0 spiro atoms. The minimum absolute atomic E-state index is 0.0342. The van der Waals surface area contributed by atoms with Gasteiger partial charge in [-0.05, 0) is 309 Å². The fourth-order valence-electron chi connectivity index (χ4n) is 22.9. The van der Waals surface area contributed by atoms with Crippen LogP contribution in [0.1, 0.15) is 259 Å². The second-order valence-corrected chi connectivity index (χ2v) is 52.8. The van der Waals surface area contributed by atoms with Crippen LogP contribution in [0, 0.1) is 13.8 Å². The van der Waals surface area contributed by atoms with Crippen molar-refractivity contribution in [3.8, 4) is 0 Å². The Hall–Kier alpha value is -11.0. The summed E-state index contributed by atoms with van der Waals surface area (Å²) in [6.07, 6.45) is 9.94. The maximum Gasteiger partial charge on any atom is 0.0647 e. The summed E-state index contributed by atoms with van der Waals surface area (Å²) in [6, 6.07) is 109. The van der Waals surface area contributed by atoms with Crippen molar-refractivity contribution in [1.29, 1.82) is 0 Å². The van der Waals surface area contributed by atoms with Crippen molar-refractivity contribution in [2.75, 3.05) is 30.2 Å². The first kappa shape index (κ1) is 99.7. The Morgan fingerprint density at radius 2 is 0.676 bits per heavy atom. The van der Waals surface area contributed by atoms with Crippen LogP contribution < -0.4 is 30.2 Å². The first-order valence-electron chi connectivity index (χ1n) is 51.1. The number of benzene rings is 14. The Morgan fingerprint density at radius 1 is 0.310 bits per heavy atom. The molecule has 0 radical (unpaired) electrons. The molecule has 12 heteroatoms. The van der Waals surface area contributed by atoms with Crippen molar-refractivity contribution in [1.82, 2.24) is 0 Å². The van der Waals surface area contributed by atoms with Crippen LogP contribution in [0.3, 0.4) is 0 Å². The maximum absolute atomic E-state index is 6.47. The molecule has 0 amide bonds. The van der Waals surface area contributed by atoms with Gasteiger partial charge in [-0.25, -0.2) is 0 Å². The minimum Gasteiger partial charge on any atom is -0.398 e. The topological polar surface area (TPSA) is 42.2 Å². The van der Waals surface area contributed by atoms with Gasteiger partial charge < -0.3 is 30.2 Å². The molecular weight excluding hydrogens is 1890 g/mol. The molecule has 4 aromatic heterocycles. The summed E-state index contributed by atoms with van der Waals surface area (Å²) >= 11 is 17.4. The van der Waals surface area contributed by atoms with Crippen LogP contribution >= 0.6 is 72.9 Å². The van der Waals surface area contributed by atoms with E-state index in [9.17, 15) is 0 Å². The average molecular weight is 2030 g/mol. The third kappa shape index (κ3) is 18.6. The number of anilines is 14. The second-order valence-electron chi connectivity index (χ2n) is 47.6. The molecule has 22 rings (SSSR count). The molecule has 4 aliphatic rings. The lowest BCUT2D eigenvalue weighted by atomic mass is 9.61. The summed E-state index contributed by atoms with van der Waals surface area (Å²) in [5.41, 5.74) is 37.2. The van der Waals surface area contributed by atoms with Gasteiger partial charge in [0.1, 0.15) is 0 Å². The number of hydrogen-bond acceptors (Lipinski definition) is 10. The van der Waals surface area contributed by atoms with Gasteiger partial charge in [-0.15, -0.1) is 45.3 Å². The molecule has 2 fully saturated rings. The van der Waals surface area contributed by atoms with E-state index >= 15 is 0 Å². The van der Waals surface area contributed by atoms with Crippen molar-refractivity contribution in [3.63, 3.8) is 0 Å². The number of nitrogens with two attached hydrogens (primary N) is 1. The van der Waals surface area contributed by atoms with Gasteiger partial charge in [-0.3, -0.25) is 0 Å². The molecule has 2 saturated carbocycles. The highest BCUT2D eigenvalue weighted by Gasteiger charge is 2.60. The zero-order valence-corrected chi connectivity index (χ0v) is 93.3. The fraction of sp³-hybridized carbons (Fsp3) is 0.323. The standard InChI is InChI=1S/C65H69N3S2.C28H30BrNS.C25H32ClN.C12H9NS/c1-42-36-49(39-50(37-42)68-55-33-26-45(63(8,9)10)38-54(55)64(11)34-15-16-35-65(64,68)12)67(56-20-17-19-52-51-18-13-14-21-58(51)70-60(52)56)57-41-69-59-40-48(31-32-53(57)59)66(46-27-22-43(23-28-46)61(2,3)4)47-29-24-44(25-30-47)62(5,6)7;1-27(2,3)19-7-11-21(12-8-19)30(22-13-9-20(10-14-22)28(4,5)6)23-15-16-24-25(29)18-31-26(24)17-23;1-17-13-19(26)16-20(14-17)27-22-10-9-18(23(2,3)4)15-21(22)24(5)11-7-8-12-25(24,27)6;13-10-6-3-5-9-8-4-1-2-7-11(8)14-12(9)10/h13-14,17-33,36-41H,15-16,34-35H2,1-12H3;7-18H,1-6H3;9-10,13-16H,7-8,11-12H2,1-6H3;1-7H,13H2. The highest BCUT2D eigenvalue weighted by atomic mass is 79.9. The molecule has 6 nitrogen and oxygen atoms in total. The van der Waals surface area contributed by atoms with Crippen molar-refractivity contribution in [2.45, 2.75) is 272 Å². The summed E-state index contributed by atoms with van der Waals surface area (Å²) in [4.78, 5) is 12.7. The molecule has 2 aliphatic carbocycles. The van der Waals surface area contributed by atoms with Crippen LogP contribution in [0.5, 0.6) is 0 Å². The lowest BCUT2D eigenvalue weighted by molar-refractivity contribution is 0.194. The molecule has 728 valence electrons. The van der Waals surface area contributed by atoms with Gasteiger partial charge in [-0.2, -0.15) is 0 Å². The highest BCUT2D eigenvalue weighted by molar-refractivity contribution is 9.10. The Morgan fingerprint density at radius 3 is 1.12 bits per heavy atom. The summed E-state index contributed by atoms with van der Waals surface area (Å²) in [7, 11) is 0. The first-order chi connectivity index (χ1) is 67.2. The van der Waals surface area contributed by atoms with Crippen LogP contribution in [0.15, 0.2) is 306 Å². The van der Waals surface area contributed by atoms with Gasteiger partial charge in [0.05, 0.1) is 31.9 Å².